The van der Waals surface area contributed by atoms with Gasteiger partial charge in [-0.25, -0.2) is 9.78 Å². The number of thiophene rings is 1. The minimum Gasteiger partial charge on any atom is -0.462 e. The molecule has 0 saturated heterocycles. The summed E-state index contributed by atoms with van der Waals surface area (Å²) in [6.07, 6.45) is 5.48. The zero-order valence-corrected chi connectivity index (χ0v) is 17.7. The number of likely N-dealkylation sites (N-methyl/N-ethyl adjacent to an activating group) is 1. The molecule has 1 fully saturated rings. The fourth-order valence-corrected chi connectivity index (χ4v) is 4.85. The third-order valence-electron chi connectivity index (χ3n) is 5.59. The van der Waals surface area contributed by atoms with Crippen LogP contribution in [0.5, 0.6) is 0 Å². The Balaban J connectivity index is 1.90. The predicted octanol–water partition coefficient (Wildman–Crippen LogP) is 2.63. The number of esters is 1. The number of carbonyl (C=O) groups excluding carboxylic acids is 2. The lowest BCUT2D eigenvalue weighted by atomic mass is 9.81. The van der Waals surface area contributed by atoms with E-state index in [0.29, 0.717) is 33.5 Å². The first-order valence-electron chi connectivity index (χ1n) is 9.68. The van der Waals surface area contributed by atoms with Gasteiger partial charge in [-0.1, -0.05) is 19.3 Å². The molecule has 1 aliphatic carbocycles. The van der Waals surface area contributed by atoms with Gasteiger partial charge in [-0.3, -0.25) is 14.2 Å². The van der Waals surface area contributed by atoms with Crippen molar-refractivity contribution < 1.29 is 14.3 Å². The summed E-state index contributed by atoms with van der Waals surface area (Å²) in [7, 11) is 1.63. The maximum absolute atomic E-state index is 13.0. The van der Waals surface area contributed by atoms with Crippen LogP contribution in [0.3, 0.4) is 0 Å². The molecular formula is C20H24N4O4S. The van der Waals surface area contributed by atoms with Crippen LogP contribution in [0.25, 0.3) is 10.2 Å². The molecule has 0 N–H and O–H groups in total. The summed E-state index contributed by atoms with van der Waals surface area (Å²) >= 11 is 1.11. The first-order valence-corrected chi connectivity index (χ1v) is 10.5. The van der Waals surface area contributed by atoms with Gasteiger partial charge in [0.05, 0.1) is 24.4 Å². The Bertz CT molecular complexity index is 1040. The van der Waals surface area contributed by atoms with Crippen molar-refractivity contribution in [3.8, 4) is 6.07 Å². The Morgan fingerprint density at radius 2 is 2.07 bits per heavy atom. The SMILES string of the molecule is CCOC(=O)c1sc2ncn(CC(=O)N(C)C3(C#N)CCCCC3)c(=O)c2c1C. The Kier molecular flexibility index (Phi) is 6.03. The van der Waals surface area contributed by atoms with Crippen molar-refractivity contribution in [3.63, 3.8) is 0 Å². The predicted molar refractivity (Wildman–Crippen MR) is 109 cm³/mol. The van der Waals surface area contributed by atoms with Gasteiger partial charge in [-0.05, 0) is 32.3 Å². The Labute approximate surface area is 172 Å². The van der Waals surface area contributed by atoms with Crippen molar-refractivity contribution >= 4 is 33.4 Å². The molecule has 0 radical (unpaired) electrons. The largest absolute Gasteiger partial charge is 0.462 e. The van der Waals surface area contributed by atoms with Crippen LogP contribution in [0.15, 0.2) is 11.1 Å². The summed E-state index contributed by atoms with van der Waals surface area (Å²) in [6.45, 7) is 3.44. The highest BCUT2D eigenvalue weighted by atomic mass is 32.1. The van der Waals surface area contributed by atoms with Gasteiger partial charge in [-0.2, -0.15) is 5.26 Å². The highest BCUT2D eigenvalue weighted by Crippen LogP contribution is 2.32. The maximum Gasteiger partial charge on any atom is 0.348 e. The lowest BCUT2D eigenvalue weighted by Gasteiger charge is -2.39. The van der Waals surface area contributed by atoms with Gasteiger partial charge in [0.1, 0.15) is 21.8 Å². The van der Waals surface area contributed by atoms with E-state index in [-0.39, 0.29) is 24.6 Å². The second-order valence-electron chi connectivity index (χ2n) is 7.29. The molecule has 0 aliphatic heterocycles. The minimum atomic E-state index is -0.814. The molecule has 0 bridgehead atoms. The average Bonchev–Trinajstić information content (AvgIpc) is 3.07. The molecule has 29 heavy (non-hydrogen) atoms. The smallest absolute Gasteiger partial charge is 0.348 e. The van der Waals surface area contributed by atoms with Gasteiger partial charge < -0.3 is 9.64 Å². The molecular weight excluding hydrogens is 392 g/mol. The van der Waals surface area contributed by atoms with E-state index in [4.69, 9.17) is 4.74 Å². The van der Waals surface area contributed by atoms with Crippen LogP contribution >= 0.6 is 11.3 Å². The molecule has 3 rings (SSSR count). The van der Waals surface area contributed by atoms with Crippen LogP contribution in [0.2, 0.25) is 0 Å². The number of aromatic nitrogens is 2. The summed E-state index contributed by atoms with van der Waals surface area (Å²) in [4.78, 5) is 44.5. The molecule has 154 valence electrons. The van der Waals surface area contributed by atoms with Crippen molar-refractivity contribution in [3.05, 3.63) is 27.1 Å². The Morgan fingerprint density at radius 1 is 1.38 bits per heavy atom. The zero-order chi connectivity index (χ0) is 21.2. The first kappa shape index (κ1) is 21.0. The fraction of sp³-hybridized carbons (Fsp3) is 0.550. The van der Waals surface area contributed by atoms with Crippen molar-refractivity contribution in [2.24, 2.45) is 0 Å². The van der Waals surface area contributed by atoms with E-state index in [2.05, 4.69) is 11.1 Å². The summed E-state index contributed by atoms with van der Waals surface area (Å²) in [5, 5.41) is 10.0. The standard InChI is InChI=1S/C20H24N4O4S/c1-4-28-19(27)16-13(2)15-17(29-16)22-12-24(18(15)26)10-14(25)23(3)20(11-21)8-6-5-7-9-20/h12H,4-10H2,1-3H3. The number of hydrogen-bond acceptors (Lipinski definition) is 7. The van der Waals surface area contributed by atoms with Crippen LogP contribution in [-0.2, 0) is 16.1 Å². The normalized spacial score (nSPS) is 15.7. The molecule has 1 aliphatic rings. The van der Waals surface area contributed by atoms with E-state index >= 15 is 0 Å². The third kappa shape index (κ3) is 3.77. The number of fused-ring (bicyclic) bond motifs is 1. The van der Waals surface area contributed by atoms with Crippen molar-refractivity contribution in [2.45, 2.75) is 58.0 Å². The number of ether oxygens (including phenoxy) is 1. The molecule has 1 amide bonds. The number of rotatable bonds is 5. The molecule has 0 aromatic carbocycles. The number of nitriles is 1. The van der Waals surface area contributed by atoms with Crippen LogP contribution in [0, 0.1) is 18.3 Å². The van der Waals surface area contributed by atoms with Crippen LogP contribution in [0.1, 0.15) is 54.3 Å². The minimum absolute atomic E-state index is 0.203. The van der Waals surface area contributed by atoms with E-state index in [0.717, 1.165) is 30.6 Å². The molecule has 2 aromatic heterocycles. The molecule has 9 heteroatoms. The van der Waals surface area contributed by atoms with Crippen molar-refractivity contribution in [1.82, 2.24) is 14.5 Å². The van der Waals surface area contributed by atoms with Crippen LogP contribution in [0.4, 0.5) is 0 Å². The van der Waals surface area contributed by atoms with Crippen molar-refractivity contribution in [2.75, 3.05) is 13.7 Å². The zero-order valence-electron chi connectivity index (χ0n) is 16.9. The highest BCUT2D eigenvalue weighted by molar-refractivity contribution is 7.20. The summed E-state index contributed by atoms with van der Waals surface area (Å²) < 4.78 is 6.28. The van der Waals surface area contributed by atoms with Gasteiger partial charge in [0.25, 0.3) is 5.56 Å². The third-order valence-corrected chi connectivity index (χ3v) is 6.77. The van der Waals surface area contributed by atoms with E-state index < -0.39 is 11.5 Å². The second kappa shape index (κ2) is 8.33. The average molecular weight is 417 g/mol. The van der Waals surface area contributed by atoms with E-state index in [1.54, 1.807) is 20.9 Å². The number of nitrogens with zero attached hydrogens (tertiary/aromatic N) is 4. The molecule has 2 aromatic rings. The van der Waals surface area contributed by atoms with E-state index in [9.17, 15) is 19.6 Å². The van der Waals surface area contributed by atoms with Crippen molar-refractivity contribution in [1.29, 1.82) is 5.26 Å². The van der Waals surface area contributed by atoms with Crippen LogP contribution in [-0.4, -0.2) is 45.5 Å². The monoisotopic (exact) mass is 416 g/mol. The summed E-state index contributed by atoms with van der Waals surface area (Å²) in [5.74, 6) is -0.793. The molecule has 1 saturated carbocycles. The summed E-state index contributed by atoms with van der Waals surface area (Å²) in [6, 6.07) is 2.32. The number of carbonyl (C=O) groups is 2. The summed E-state index contributed by atoms with van der Waals surface area (Å²) in [5.41, 5.74) is -0.682. The lowest BCUT2D eigenvalue weighted by Crippen LogP contribution is -2.51. The van der Waals surface area contributed by atoms with Gasteiger partial charge in [0.2, 0.25) is 5.91 Å². The molecule has 2 heterocycles. The number of hydrogen-bond donors (Lipinski definition) is 0. The molecule has 0 atom stereocenters. The molecule has 8 nitrogen and oxygen atoms in total. The quantitative estimate of drug-likeness (QED) is 0.694. The number of aryl methyl sites for hydroxylation is 1. The highest BCUT2D eigenvalue weighted by Gasteiger charge is 2.38. The van der Waals surface area contributed by atoms with Gasteiger partial charge in [0.15, 0.2) is 0 Å². The topological polar surface area (TPSA) is 105 Å². The van der Waals surface area contributed by atoms with E-state index in [1.807, 2.05) is 0 Å². The fourth-order valence-electron chi connectivity index (χ4n) is 3.81. The molecule has 0 unspecified atom stereocenters. The Morgan fingerprint density at radius 3 is 2.69 bits per heavy atom. The van der Waals surface area contributed by atoms with Gasteiger partial charge in [-0.15, -0.1) is 11.3 Å². The van der Waals surface area contributed by atoms with Crippen LogP contribution < -0.4 is 5.56 Å². The lowest BCUT2D eigenvalue weighted by molar-refractivity contribution is -0.135. The molecule has 0 spiro atoms. The first-order chi connectivity index (χ1) is 13.8. The van der Waals surface area contributed by atoms with E-state index in [1.165, 1.54) is 15.8 Å². The second-order valence-corrected chi connectivity index (χ2v) is 8.29. The van der Waals surface area contributed by atoms with Gasteiger partial charge in [0, 0.05) is 7.05 Å². The Hall–Kier alpha value is -2.73. The maximum atomic E-state index is 13.0. The van der Waals surface area contributed by atoms with Gasteiger partial charge >= 0.3 is 5.97 Å². The number of amides is 1.